The van der Waals surface area contributed by atoms with E-state index in [1.165, 1.54) is 0 Å². The molecule has 0 aromatic carbocycles. The fourth-order valence-electron chi connectivity index (χ4n) is 4.04. The number of rotatable bonds is 0. The van der Waals surface area contributed by atoms with E-state index >= 15 is 0 Å². The zero-order valence-electron chi connectivity index (χ0n) is 19.8. The maximum absolute atomic E-state index is 4.89. The van der Waals surface area contributed by atoms with E-state index in [4.69, 9.17) is 29.9 Å². The predicted octanol–water partition coefficient (Wildman–Crippen LogP) is 4.99. The lowest BCUT2D eigenvalue weighted by molar-refractivity contribution is 0.630. The standard InChI is InChI=1S/C24H28N8/c1-9-10(2)18-25-17(9)29-19-11(3)12(4)21(26-19)31-23-15(7)16(8)24(28-23)32-22-14(6)13(5)20(27-22)30-18/h9-10H,1-8H3,(H2,25,26,27,28,29,30,31,32). The summed E-state index contributed by atoms with van der Waals surface area (Å²) < 4.78 is 0. The van der Waals surface area contributed by atoms with Crippen LogP contribution in [0.2, 0.25) is 0 Å². The average molecular weight is 429 g/mol. The van der Waals surface area contributed by atoms with E-state index in [0.717, 1.165) is 67.6 Å². The van der Waals surface area contributed by atoms with Gasteiger partial charge in [0.25, 0.3) is 0 Å². The molecule has 2 aliphatic rings. The molecule has 0 aliphatic carbocycles. The summed E-state index contributed by atoms with van der Waals surface area (Å²) in [7, 11) is 0. The second-order valence-electron chi connectivity index (χ2n) is 9.01. The molecule has 8 heteroatoms. The third kappa shape index (κ3) is 2.97. The molecule has 164 valence electrons. The Hall–Kier alpha value is -3.42. The van der Waals surface area contributed by atoms with Crippen molar-refractivity contribution in [1.29, 1.82) is 0 Å². The number of fused-ring (bicyclic) bond motifs is 8. The Morgan fingerprint density at radius 3 is 1.19 bits per heavy atom. The number of aryl methyl sites for hydroxylation is 4. The predicted molar refractivity (Wildman–Crippen MR) is 126 cm³/mol. The molecule has 2 unspecified atom stereocenters. The third-order valence-corrected chi connectivity index (χ3v) is 7.15. The summed E-state index contributed by atoms with van der Waals surface area (Å²) in [5.74, 6) is 3.24. The molecule has 5 heterocycles. The van der Waals surface area contributed by atoms with Crippen LogP contribution < -0.4 is 0 Å². The van der Waals surface area contributed by atoms with Gasteiger partial charge in [-0.2, -0.15) is 0 Å². The minimum atomic E-state index is 0.164. The van der Waals surface area contributed by atoms with Crippen LogP contribution in [-0.4, -0.2) is 39.9 Å². The van der Waals surface area contributed by atoms with Gasteiger partial charge >= 0.3 is 0 Å². The molecule has 32 heavy (non-hydrogen) atoms. The number of aromatic amines is 2. The first-order chi connectivity index (χ1) is 15.2. The Kier molecular flexibility index (Phi) is 4.51. The summed E-state index contributed by atoms with van der Waals surface area (Å²) in [6.07, 6.45) is 0. The molecule has 0 radical (unpaired) electrons. The van der Waals surface area contributed by atoms with Crippen LogP contribution in [0.5, 0.6) is 0 Å². The molecule has 5 rings (SSSR count). The van der Waals surface area contributed by atoms with E-state index in [2.05, 4.69) is 51.5 Å². The van der Waals surface area contributed by atoms with Gasteiger partial charge in [-0.3, -0.25) is 0 Å². The largest absolute Gasteiger partial charge is 0.324 e. The topological polar surface area (TPSA) is 109 Å². The maximum atomic E-state index is 4.89. The molecule has 0 spiro atoms. The van der Waals surface area contributed by atoms with Crippen molar-refractivity contribution in [3.8, 4) is 0 Å². The molecular weight excluding hydrogens is 400 g/mol. The SMILES string of the molecule is CC1=C(C)c2nc1nc1[nH]c(nc3nc(nc4[nH]c(n2)c(C)c4C)C(C)C3C)c(C)c1C. The lowest BCUT2D eigenvalue weighted by atomic mass is 9.98. The van der Waals surface area contributed by atoms with Crippen molar-refractivity contribution in [1.82, 2.24) is 39.9 Å². The van der Waals surface area contributed by atoms with Crippen LogP contribution >= 0.6 is 0 Å². The van der Waals surface area contributed by atoms with E-state index in [-0.39, 0.29) is 11.8 Å². The number of allylic oxidation sites excluding steroid dienone is 2. The fraction of sp³-hybridized carbons (Fsp3) is 0.417. The Balaban J connectivity index is 1.97. The second-order valence-corrected chi connectivity index (χ2v) is 9.01. The van der Waals surface area contributed by atoms with Crippen molar-refractivity contribution in [3.05, 3.63) is 45.6 Å². The van der Waals surface area contributed by atoms with Gasteiger partial charge in [-0.1, -0.05) is 13.8 Å². The minimum Gasteiger partial charge on any atom is -0.324 e. The van der Waals surface area contributed by atoms with Gasteiger partial charge in [0.1, 0.15) is 34.2 Å². The van der Waals surface area contributed by atoms with Crippen molar-refractivity contribution in [2.75, 3.05) is 0 Å². The molecule has 0 amide bonds. The fourth-order valence-corrected chi connectivity index (χ4v) is 4.04. The number of H-pyrrole nitrogens is 2. The number of nitrogens with zero attached hydrogens (tertiary/aromatic N) is 6. The van der Waals surface area contributed by atoms with Crippen LogP contribution in [0.1, 0.15) is 85.1 Å². The first kappa shape index (κ1) is 20.5. The lowest BCUT2D eigenvalue weighted by Crippen LogP contribution is -1.99. The van der Waals surface area contributed by atoms with Crippen molar-refractivity contribution in [3.63, 3.8) is 0 Å². The molecule has 8 bridgehead atoms. The van der Waals surface area contributed by atoms with Crippen LogP contribution in [-0.2, 0) is 0 Å². The van der Waals surface area contributed by atoms with Crippen LogP contribution in [0.3, 0.4) is 0 Å². The van der Waals surface area contributed by atoms with Crippen molar-refractivity contribution in [2.24, 2.45) is 0 Å². The summed E-state index contributed by atoms with van der Waals surface area (Å²) in [6, 6.07) is 0. The molecular formula is C24H28N8. The van der Waals surface area contributed by atoms with Crippen LogP contribution in [0, 0.1) is 27.7 Å². The quantitative estimate of drug-likeness (QED) is 0.522. The summed E-state index contributed by atoms with van der Waals surface area (Å²) in [5, 5.41) is 0. The number of hydrogen-bond acceptors (Lipinski definition) is 6. The van der Waals surface area contributed by atoms with Crippen LogP contribution in [0.15, 0.2) is 0 Å². The van der Waals surface area contributed by atoms with E-state index in [1.54, 1.807) is 0 Å². The van der Waals surface area contributed by atoms with Gasteiger partial charge in [-0.05, 0) is 63.8 Å². The molecule has 0 saturated carbocycles. The zero-order valence-corrected chi connectivity index (χ0v) is 19.8. The maximum Gasteiger partial charge on any atom is 0.160 e. The molecule has 2 atom stereocenters. The first-order valence-electron chi connectivity index (χ1n) is 11.0. The van der Waals surface area contributed by atoms with E-state index in [0.29, 0.717) is 11.6 Å². The molecule has 0 fully saturated rings. The summed E-state index contributed by atoms with van der Waals surface area (Å²) in [4.78, 5) is 35.8. The van der Waals surface area contributed by atoms with Gasteiger partial charge in [0.05, 0.1) is 0 Å². The third-order valence-electron chi connectivity index (χ3n) is 7.15. The van der Waals surface area contributed by atoms with Crippen LogP contribution in [0.4, 0.5) is 0 Å². The van der Waals surface area contributed by atoms with Crippen molar-refractivity contribution < 1.29 is 0 Å². The van der Waals surface area contributed by atoms with Gasteiger partial charge in [0.15, 0.2) is 11.6 Å². The smallest absolute Gasteiger partial charge is 0.160 e. The minimum absolute atomic E-state index is 0.164. The lowest BCUT2D eigenvalue weighted by Gasteiger charge is -2.06. The molecule has 3 aromatic rings. The monoisotopic (exact) mass is 428 g/mol. The molecule has 2 aliphatic heterocycles. The summed E-state index contributed by atoms with van der Waals surface area (Å²) >= 11 is 0. The van der Waals surface area contributed by atoms with Crippen molar-refractivity contribution in [2.45, 2.75) is 67.2 Å². The highest BCUT2D eigenvalue weighted by Crippen LogP contribution is 2.34. The molecule has 2 N–H and O–H groups in total. The molecule has 8 nitrogen and oxygen atoms in total. The second kappa shape index (κ2) is 7.05. The Morgan fingerprint density at radius 1 is 0.469 bits per heavy atom. The Labute approximate surface area is 186 Å². The zero-order chi connectivity index (χ0) is 22.9. The highest BCUT2D eigenvalue weighted by molar-refractivity contribution is 5.88. The van der Waals surface area contributed by atoms with Gasteiger partial charge in [-0.15, -0.1) is 0 Å². The highest BCUT2D eigenvalue weighted by Gasteiger charge is 2.27. The number of aromatic nitrogens is 8. The van der Waals surface area contributed by atoms with Crippen molar-refractivity contribution >= 4 is 33.7 Å². The first-order valence-corrected chi connectivity index (χ1v) is 11.0. The number of hydrogen-bond donors (Lipinski definition) is 2. The Morgan fingerprint density at radius 2 is 0.812 bits per heavy atom. The van der Waals surface area contributed by atoms with E-state index in [1.807, 2.05) is 13.8 Å². The van der Waals surface area contributed by atoms with Gasteiger partial charge in [-0.25, -0.2) is 29.9 Å². The summed E-state index contributed by atoms with van der Waals surface area (Å²) in [6.45, 7) is 16.6. The van der Waals surface area contributed by atoms with Gasteiger partial charge < -0.3 is 9.97 Å². The average Bonchev–Trinajstić information content (AvgIpc) is 3.37. The number of nitrogens with one attached hydrogen (secondary N) is 2. The van der Waals surface area contributed by atoms with E-state index < -0.39 is 0 Å². The van der Waals surface area contributed by atoms with Crippen LogP contribution in [0.25, 0.3) is 33.7 Å². The normalized spacial score (nSPS) is 18.5. The summed E-state index contributed by atoms with van der Waals surface area (Å²) in [5.41, 5.74) is 9.38. The molecule has 3 aromatic heterocycles. The van der Waals surface area contributed by atoms with Gasteiger partial charge in [0.2, 0.25) is 0 Å². The van der Waals surface area contributed by atoms with Gasteiger partial charge in [0, 0.05) is 23.0 Å². The highest BCUT2D eigenvalue weighted by atomic mass is 15.1. The van der Waals surface area contributed by atoms with E-state index in [9.17, 15) is 0 Å². The Bertz CT molecular complexity index is 1360. The molecule has 0 saturated heterocycles.